The number of anilines is 1. The van der Waals surface area contributed by atoms with Crippen LogP contribution in [0.15, 0.2) is 6.07 Å². The molecule has 2 heterocycles. The van der Waals surface area contributed by atoms with E-state index in [0.29, 0.717) is 17.1 Å². The standard InChI is InChI=1S/C16H23N3OS/c1-6-16(4,5)8-18-15(20)14-13(17)12-10(3)19-9(2)7-11(12)21-14/h7H,6,8,17H2,1-5H3,(H,18,20). The second-order valence-corrected chi connectivity index (χ2v) is 7.32. The van der Waals surface area contributed by atoms with Crippen LogP contribution in [0.5, 0.6) is 0 Å². The van der Waals surface area contributed by atoms with E-state index in [0.717, 1.165) is 27.9 Å². The second-order valence-electron chi connectivity index (χ2n) is 6.27. The zero-order valence-corrected chi connectivity index (χ0v) is 14.1. The molecule has 0 aliphatic rings. The Labute approximate surface area is 129 Å². The van der Waals surface area contributed by atoms with E-state index >= 15 is 0 Å². The van der Waals surface area contributed by atoms with Gasteiger partial charge in [0.25, 0.3) is 5.91 Å². The molecule has 2 rings (SSSR count). The van der Waals surface area contributed by atoms with Crippen molar-refractivity contribution in [2.75, 3.05) is 12.3 Å². The number of nitrogens with zero attached hydrogens (tertiary/aromatic N) is 1. The number of aromatic nitrogens is 1. The first-order valence-electron chi connectivity index (χ1n) is 7.19. The number of pyridine rings is 1. The van der Waals surface area contributed by atoms with Gasteiger partial charge in [0.15, 0.2) is 0 Å². The molecule has 0 fully saturated rings. The Morgan fingerprint density at radius 1 is 1.43 bits per heavy atom. The van der Waals surface area contributed by atoms with Crippen molar-refractivity contribution in [2.45, 2.75) is 41.0 Å². The van der Waals surface area contributed by atoms with Crippen molar-refractivity contribution < 1.29 is 4.79 Å². The minimum atomic E-state index is -0.0905. The highest BCUT2D eigenvalue weighted by atomic mass is 32.1. The van der Waals surface area contributed by atoms with Crippen LogP contribution in [0.3, 0.4) is 0 Å². The number of nitrogen functional groups attached to an aromatic ring is 1. The maximum absolute atomic E-state index is 12.4. The van der Waals surface area contributed by atoms with Crippen LogP contribution in [-0.4, -0.2) is 17.4 Å². The molecule has 0 bridgehead atoms. The molecule has 114 valence electrons. The van der Waals surface area contributed by atoms with Gasteiger partial charge in [0.2, 0.25) is 0 Å². The van der Waals surface area contributed by atoms with E-state index in [1.165, 1.54) is 11.3 Å². The van der Waals surface area contributed by atoms with Crippen molar-refractivity contribution in [1.29, 1.82) is 0 Å². The first-order valence-corrected chi connectivity index (χ1v) is 8.01. The normalized spacial score (nSPS) is 11.9. The topological polar surface area (TPSA) is 68.0 Å². The molecule has 5 heteroatoms. The second kappa shape index (κ2) is 5.64. The molecule has 0 aliphatic heterocycles. The summed E-state index contributed by atoms with van der Waals surface area (Å²) in [4.78, 5) is 17.4. The van der Waals surface area contributed by atoms with Gasteiger partial charge in [0.05, 0.1) is 5.69 Å². The highest BCUT2D eigenvalue weighted by Crippen LogP contribution is 2.35. The summed E-state index contributed by atoms with van der Waals surface area (Å²) in [6.45, 7) is 10.9. The predicted molar refractivity (Wildman–Crippen MR) is 89.9 cm³/mol. The minimum Gasteiger partial charge on any atom is -0.397 e. The first-order chi connectivity index (χ1) is 9.75. The molecule has 0 radical (unpaired) electrons. The van der Waals surface area contributed by atoms with Crippen LogP contribution in [0.25, 0.3) is 10.1 Å². The maximum Gasteiger partial charge on any atom is 0.263 e. The van der Waals surface area contributed by atoms with Crippen molar-refractivity contribution in [1.82, 2.24) is 10.3 Å². The number of amides is 1. The van der Waals surface area contributed by atoms with Crippen molar-refractivity contribution in [3.8, 4) is 0 Å². The van der Waals surface area contributed by atoms with Crippen LogP contribution in [-0.2, 0) is 0 Å². The first kappa shape index (κ1) is 15.8. The molecule has 0 saturated heterocycles. The van der Waals surface area contributed by atoms with Gasteiger partial charge in [-0.05, 0) is 31.7 Å². The smallest absolute Gasteiger partial charge is 0.263 e. The number of nitrogens with one attached hydrogen (secondary N) is 1. The number of carbonyl (C=O) groups is 1. The molecule has 0 unspecified atom stereocenters. The Kier molecular flexibility index (Phi) is 4.23. The largest absolute Gasteiger partial charge is 0.397 e. The number of hydrogen-bond donors (Lipinski definition) is 2. The van der Waals surface area contributed by atoms with Crippen LogP contribution in [0, 0.1) is 19.3 Å². The molecular formula is C16H23N3OS. The average molecular weight is 305 g/mol. The van der Waals surface area contributed by atoms with Gasteiger partial charge in [-0.25, -0.2) is 0 Å². The monoisotopic (exact) mass is 305 g/mol. The van der Waals surface area contributed by atoms with Gasteiger partial charge >= 0.3 is 0 Å². The Balaban J connectivity index is 2.32. The molecule has 2 aromatic heterocycles. The fourth-order valence-corrected chi connectivity index (χ4v) is 3.36. The Morgan fingerprint density at radius 2 is 2.10 bits per heavy atom. The SMILES string of the molecule is CCC(C)(C)CNC(=O)c1sc2cc(C)nc(C)c2c1N. The van der Waals surface area contributed by atoms with Gasteiger partial charge in [0.1, 0.15) is 4.88 Å². The molecule has 21 heavy (non-hydrogen) atoms. The lowest BCUT2D eigenvalue weighted by molar-refractivity contribution is 0.0940. The van der Waals surface area contributed by atoms with E-state index in [2.05, 4.69) is 31.1 Å². The van der Waals surface area contributed by atoms with Crippen LogP contribution >= 0.6 is 11.3 Å². The Hall–Kier alpha value is -1.62. The molecule has 4 nitrogen and oxygen atoms in total. The summed E-state index contributed by atoms with van der Waals surface area (Å²) < 4.78 is 1.03. The zero-order valence-electron chi connectivity index (χ0n) is 13.3. The van der Waals surface area contributed by atoms with Gasteiger partial charge in [-0.2, -0.15) is 0 Å². The molecular weight excluding hydrogens is 282 g/mol. The highest BCUT2D eigenvalue weighted by Gasteiger charge is 2.21. The fourth-order valence-electron chi connectivity index (χ4n) is 2.17. The summed E-state index contributed by atoms with van der Waals surface area (Å²) in [6.07, 6.45) is 1.01. The summed E-state index contributed by atoms with van der Waals surface area (Å²) in [7, 11) is 0. The summed E-state index contributed by atoms with van der Waals surface area (Å²) in [5.41, 5.74) is 8.64. The van der Waals surface area contributed by atoms with Crippen molar-refractivity contribution in [3.63, 3.8) is 0 Å². The van der Waals surface area contributed by atoms with E-state index in [9.17, 15) is 4.79 Å². The van der Waals surface area contributed by atoms with E-state index < -0.39 is 0 Å². The third kappa shape index (κ3) is 3.18. The molecule has 0 atom stereocenters. The van der Waals surface area contributed by atoms with Crippen LogP contribution in [0.4, 0.5) is 5.69 Å². The maximum atomic E-state index is 12.4. The lowest BCUT2D eigenvalue weighted by atomic mass is 9.90. The van der Waals surface area contributed by atoms with E-state index in [1.807, 2.05) is 19.9 Å². The third-order valence-corrected chi connectivity index (χ3v) is 5.06. The van der Waals surface area contributed by atoms with Gasteiger partial charge in [-0.1, -0.05) is 20.8 Å². The molecule has 0 aliphatic carbocycles. The van der Waals surface area contributed by atoms with E-state index in [1.54, 1.807) is 0 Å². The molecule has 3 N–H and O–H groups in total. The van der Waals surface area contributed by atoms with Gasteiger partial charge in [-0.3, -0.25) is 9.78 Å². The van der Waals surface area contributed by atoms with Gasteiger partial charge in [-0.15, -0.1) is 11.3 Å². The number of fused-ring (bicyclic) bond motifs is 1. The summed E-state index contributed by atoms with van der Waals surface area (Å²) in [6, 6.07) is 1.98. The van der Waals surface area contributed by atoms with Crippen LogP contribution in [0.1, 0.15) is 48.3 Å². The average Bonchev–Trinajstić information content (AvgIpc) is 2.73. The van der Waals surface area contributed by atoms with Crippen molar-refractivity contribution in [2.24, 2.45) is 5.41 Å². The summed E-state index contributed by atoms with van der Waals surface area (Å²) in [5.74, 6) is -0.0905. The molecule has 0 saturated carbocycles. The summed E-state index contributed by atoms with van der Waals surface area (Å²) in [5, 5.41) is 3.90. The lowest BCUT2D eigenvalue weighted by Gasteiger charge is -2.22. The zero-order chi connectivity index (χ0) is 15.8. The molecule has 0 aromatic carbocycles. The number of aryl methyl sites for hydroxylation is 2. The van der Waals surface area contributed by atoms with E-state index in [-0.39, 0.29) is 11.3 Å². The lowest BCUT2D eigenvalue weighted by Crippen LogP contribution is -2.33. The number of carbonyl (C=O) groups excluding carboxylic acids is 1. The quantitative estimate of drug-likeness (QED) is 0.905. The van der Waals surface area contributed by atoms with Gasteiger partial charge in [0, 0.05) is 28.0 Å². The number of hydrogen-bond acceptors (Lipinski definition) is 4. The van der Waals surface area contributed by atoms with Gasteiger partial charge < -0.3 is 11.1 Å². The minimum absolute atomic E-state index is 0.0905. The van der Waals surface area contributed by atoms with Crippen molar-refractivity contribution in [3.05, 3.63) is 22.3 Å². The highest BCUT2D eigenvalue weighted by molar-refractivity contribution is 7.21. The summed E-state index contributed by atoms with van der Waals surface area (Å²) >= 11 is 1.44. The predicted octanol–water partition coefficient (Wildman–Crippen LogP) is 3.66. The fraction of sp³-hybridized carbons (Fsp3) is 0.500. The van der Waals surface area contributed by atoms with Crippen LogP contribution in [0.2, 0.25) is 0 Å². The Morgan fingerprint density at radius 3 is 2.71 bits per heavy atom. The van der Waals surface area contributed by atoms with Crippen LogP contribution < -0.4 is 11.1 Å². The Bertz CT molecular complexity index is 688. The molecule has 0 spiro atoms. The molecule has 2 aromatic rings. The number of thiophene rings is 1. The van der Waals surface area contributed by atoms with Crippen molar-refractivity contribution >= 4 is 33.0 Å². The number of rotatable bonds is 4. The third-order valence-electron chi connectivity index (χ3n) is 3.91. The number of nitrogens with two attached hydrogens (primary N) is 1. The molecule has 1 amide bonds. The van der Waals surface area contributed by atoms with E-state index in [4.69, 9.17) is 5.73 Å².